The minimum absolute atomic E-state index is 0.128. The molecule has 0 aliphatic carbocycles. The average Bonchev–Trinajstić information content (AvgIpc) is 3.25. The van der Waals surface area contributed by atoms with Crippen LogP contribution in [0.2, 0.25) is 0 Å². The lowest BCUT2D eigenvalue weighted by atomic mass is 10.0. The van der Waals surface area contributed by atoms with Crippen molar-refractivity contribution >= 4 is 43.9 Å². The predicted octanol–water partition coefficient (Wildman–Crippen LogP) is 8.39. The van der Waals surface area contributed by atoms with E-state index in [0.29, 0.717) is 5.56 Å². The van der Waals surface area contributed by atoms with Gasteiger partial charge < -0.3 is 33.4 Å². The largest absolute Gasteiger partial charge is 0.743 e. The van der Waals surface area contributed by atoms with Gasteiger partial charge in [-0.25, -0.2) is 26.4 Å². The van der Waals surface area contributed by atoms with E-state index < -0.39 is 166 Å². The van der Waals surface area contributed by atoms with E-state index in [9.17, 15) is 133 Å². The second kappa shape index (κ2) is 24.3. The normalized spacial score (nSPS) is 15.0. The third kappa shape index (κ3) is 16.9. The highest BCUT2D eigenvalue weighted by atomic mass is 32.2. The zero-order chi connectivity index (χ0) is 59.8. The number of rotatable bonds is 24. The zero-order valence-electron chi connectivity index (χ0n) is 37.4. The molecule has 1 amide bonds. The van der Waals surface area contributed by atoms with Gasteiger partial charge in [0.1, 0.15) is 11.1 Å². The summed E-state index contributed by atoms with van der Waals surface area (Å²) in [4.78, 5) is 48.6. The van der Waals surface area contributed by atoms with Crippen LogP contribution in [0.1, 0.15) is 42.4 Å². The second-order valence-electron chi connectivity index (χ2n) is 15.0. The van der Waals surface area contributed by atoms with Crippen LogP contribution in [0.25, 0.3) is 0 Å². The van der Waals surface area contributed by atoms with Crippen molar-refractivity contribution < 1.29 is 152 Å². The van der Waals surface area contributed by atoms with Crippen LogP contribution in [0.3, 0.4) is 0 Å². The highest BCUT2D eigenvalue weighted by Gasteiger charge is 2.69. The molecule has 2 aromatic carbocycles. The Labute approximate surface area is 413 Å². The van der Waals surface area contributed by atoms with Crippen molar-refractivity contribution in [2.45, 2.75) is 104 Å². The van der Waals surface area contributed by atoms with Crippen LogP contribution in [0.4, 0.5) is 87.8 Å². The topological polar surface area (TPSA) is 232 Å². The molecule has 2 aromatic rings. The SMILES string of the molecule is C=C(C(=O)OC(OCCCC(F)(F)C(F)(F)S(=O)(=O)[O-])(C(=O)Cc1ccc(C)cc1)C(F)(F)F)C(F)(F)F.C=C(C(=O)OC(OCCCC(F)(F)C(F)(F)S(=O)(=O)[O-])(C(=O)NCc1ccccc1)C(F)(F)F)C(F)(F)F. The van der Waals surface area contributed by atoms with E-state index in [1.807, 2.05) is 0 Å². The summed E-state index contributed by atoms with van der Waals surface area (Å²) >= 11 is 0. The average molecular weight is 1180 g/mol. The second-order valence-corrected chi connectivity index (χ2v) is 17.8. The minimum Gasteiger partial charge on any atom is -0.743 e. The van der Waals surface area contributed by atoms with Gasteiger partial charge in [0.05, 0.1) is 13.2 Å². The molecule has 2 unspecified atom stereocenters. The third-order valence-electron chi connectivity index (χ3n) is 9.20. The summed E-state index contributed by atoms with van der Waals surface area (Å²) < 4.78 is 345. The van der Waals surface area contributed by atoms with Crippen LogP contribution in [-0.4, -0.2) is 121 Å². The van der Waals surface area contributed by atoms with Gasteiger partial charge in [-0.1, -0.05) is 73.3 Å². The van der Waals surface area contributed by atoms with Crippen molar-refractivity contribution in [2.24, 2.45) is 0 Å². The predicted molar refractivity (Wildman–Crippen MR) is 208 cm³/mol. The first-order chi connectivity index (χ1) is 33.9. The molecule has 0 spiro atoms. The molecule has 0 heterocycles. The fourth-order valence-electron chi connectivity index (χ4n) is 5.07. The molecule has 1 N–H and O–H groups in total. The number of aryl methyl sites for hydroxylation is 1. The number of hydrogen-bond acceptors (Lipinski definition) is 14. The smallest absolute Gasteiger partial charge is 0.466 e. The monoisotopic (exact) mass is 1180 g/mol. The molecule has 2 rings (SSSR count). The Morgan fingerprint density at radius 3 is 1.24 bits per heavy atom. The number of carbonyl (C=O) groups is 4. The van der Waals surface area contributed by atoms with Gasteiger partial charge in [-0.05, 0) is 30.9 Å². The summed E-state index contributed by atoms with van der Waals surface area (Å²) in [7, 11) is -13.9. The lowest BCUT2D eigenvalue weighted by molar-refractivity contribution is -0.348. The molecule has 37 heteroatoms. The number of hydrogen-bond donors (Lipinski definition) is 1. The Kier molecular flexibility index (Phi) is 21.9. The van der Waals surface area contributed by atoms with Gasteiger partial charge in [0.15, 0.2) is 20.2 Å². The van der Waals surface area contributed by atoms with Gasteiger partial charge in [-0.3, -0.25) is 9.59 Å². The Bertz CT molecular complexity index is 2620. The van der Waals surface area contributed by atoms with Gasteiger partial charge >= 0.3 is 76.5 Å². The Balaban J connectivity index is 0.000000760. The van der Waals surface area contributed by atoms with Crippen molar-refractivity contribution in [3.05, 3.63) is 95.6 Å². The van der Waals surface area contributed by atoms with E-state index in [-0.39, 0.29) is 11.1 Å². The molecule has 2 atom stereocenters. The minimum atomic E-state index is -6.94. The van der Waals surface area contributed by atoms with E-state index in [2.05, 4.69) is 32.1 Å². The maximum absolute atomic E-state index is 14.0. The first kappa shape index (κ1) is 68.4. The number of Topliss-reactive ketones (excluding diaryl/α,β-unsaturated/α-hetero) is 1. The molecular weight excluding hydrogens is 1150 g/mol. The summed E-state index contributed by atoms with van der Waals surface area (Å²) in [6, 6.07) is 11.7. The summed E-state index contributed by atoms with van der Waals surface area (Å²) in [6.45, 7) is 1.58. The van der Waals surface area contributed by atoms with Crippen molar-refractivity contribution in [3.8, 4) is 0 Å². The van der Waals surface area contributed by atoms with E-state index in [4.69, 9.17) is 0 Å². The summed E-state index contributed by atoms with van der Waals surface area (Å²) in [5.41, 5.74) is -4.52. The molecule has 432 valence electrons. The number of amides is 1. The Morgan fingerprint density at radius 2 is 0.895 bits per heavy atom. The quantitative estimate of drug-likeness (QED) is 0.0260. The highest BCUT2D eigenvalue weighted by molar-refractivity contribution is 7.87. The summed E-state index contributed by atoms with van der Waals surface area (Å²) in [6.07, 6.45) is -32.8. The lowest BCUT2D eigenvalue weighted by Crippen LogP contribution is -2.61. The molecule has 15 nitrogen and oxygen atoms in total. The molecule has 0 saturated heterocycles. The van der Waals surface area contributed by atoms with Crippen molar-refractivity contribution in [1.82, 2.24) is 5.32 Å². The van der Waals surface area contributed by atoms with E-state index in [1.165, 1.54) is 42.5 Å². The van der Waals surface area contributed by atoms with E-state index >= 15 is 0 Å². The van der Waals surface area contributed by atoms with E-state index in [1.54, 1.807) is 12.2 Å². The first-order valence-electron chi connectivity index (χ1n) is 19.6. The van der Waals surface area contributed by atoms with Crippen molar-refractivity contribution in [2.75, 3.05) is 13.2 Å². The number of ketones is 1. The number of halogens is 20. The molecule has 0 aliphatic rings. The number of benzene rings is 2. The number of carbonyl (C=O) groups excluding carboxylic acids is 4. The van der Waals surface area contributed by atoms with Gasteiger partial charge in [0, 0.05) is 25.8 Å². The molecule has 0 saturated carbocycles. The van der Waals surface area contributed by atoms with Crippen LogP contribution in [0.15, 0.2) is 78.9 Å². The van der Waals surface area contributed by atoms with Gasteiger partial charge in [-0.15, -0.1) is 0 Å². The molecule has 0 aromatic heterocycles. The summed E-state index contributed by atoms with van der Waals surface area (Å²) in [5.74, 6) is -31.5. The lowest BCUT2D eigenvalue weighted by Gasteiger charge is -2.34. The Morgan fingerprint density at radius 1 is 0.539 bits per heavy atom. The van der Waals surface area contributed by atoms with Crippen LogP contribution in [0.5, 0.6) is 0 Å². The fraction of sp³-hybridized carbons (Fsp3) is 0.487. The third-order valence-corrected chi connectivity index (χ3v) is 11.1. The Hall–Kier alpha value is -5.66. The number of esters is 2. The number of nitrogens with one attached hydrogen (secondary N) is 1. The maximum atomic E-state index is 14.0. The standard InChI is InChI=1S/C20H18F10O7S.C19H17F10NO7S/c1-11-4-6-13(7-5-11)10-14(31)17(19(26,27)28,37-15(32)12(2)18(23,24)25)36-9-3-8-16(21,22)20(29,30)38(33,34)35;1-11(17(22,23)24)13(31)37-16(18(25,26)27,14(32)30-10-12-6-3-2-4-7-12)36-9-5-8-15(20,21)19(28,29)38(33,34)35/h4-7H,2-3,8-10H2,1H3,(H,33,34,35);2-4,6-7H,1,5,8-10H2,(H,30,32)(H,33,34,35)/p-2. The number of alkyl halides is 20. The van der Waals surface area contributed by atoms with Gasteiger partial charge in [0.25, 0.3) is 0 Å². The fourth-order valence-corrected chi connectivity index (χ4v) is 6.01. The maximum Gasteiger partial charge on any atom is 0.466 e. The molecular formula is C39H33F20NO14S2-2. The highest BCUT2D eigenvalue weighted by Crippen LogP contribution is 2.45. The molecule has 0 fully saturated rings. The van der Waals surface area contributed by atoms with Crippen molar-refractivity contribution in [3.63, 3.8) is 0 Å². The molecule has 0 radical (unpaired) electrons. The zero-order valence-corrected chi connectivity index (χ0v) is 39.0. The van der Waals surface area contributed by atoms with E-state index in [0.717, 1.165) is 12.1 Å². The van der Waals surface area contributed by atoms with Gasteiger partial charge in [0.2, 0.25) is 5.78 Å². The molecule has 76 heavy (non-hydrogen) atoms. The van der Waals surface area contributed by atoms with Crippen molar-refractivity contribution in [1.29, 1.82) is 0 Å². The van der Waals surface area contributed by atoms with Crippen LogP contribution in [-0.2, 0) is 71.3 Å². The van der Waals surface area contributed by atoms with Gasteiger partial charge in [-0.2, -0.15) is 87.8 Å². The van der Waals surface area contributed by atoms with Crippen LogP contribution < -0.4 is 5.32 Å². The molecule has 0 bridgehead atoms. The molecule has 0 aliphatic heterocycles. The number of ether oxygens (including phenoxy) is 4. The summed E-state index contributed by atoms with van der Waals surface area (Å²) in [5, 5.41) is -10.8. The van der Waals surface area contributed by atoms with Crippen LogP contribution >= 0.6 is 0 Å². The first-order valence-corrected chi connectivity index (χ1v) is 22.4. The van der Waals surface area contributed by atoms with Crippen LogP contribution in [0, 0.1) is 6.92 Å².